The van der Waals surface area contributed by atoms with Crippen molar-refractivity contribution in [2.75, 3.05) is 5.32 Å². The van der Waals surface area contributed by atoms with E-state index >= 15 is 0 Å². The smallest absolute Gasteiger partial charge is 0.373 e. The Morgan fingerprint density at radius 3 is 2.43 bits per heavy atom. The Morgan fingerprint density at radius 2 is 2.00 bits per heavy atom. The van der Waals surface area contributed by atoms with Gasteiger partial charge in [-0.1, -0.05) is 6.92 Å². The number of anilines is 1. The van der Waals surface area contributed by atoms with Crippen molar-refractivity contribution in [1.82, 2.24) is 0 Å². The van der Waals surface area contributed by atoms with Gasteiger partial charge in [-0.15, -0.1) is 0 Å². The largest absolute Gasteiger partial charge is 0.426 e. The number of alkyl halides is 3. The third kappa shape index (κ3) is 3.27. The Bertz CT molecular complexity index is 576. The molecule has 0 saturated carbocycles. The molecule has 1 atom stereocenters. The first-order valence-electron chi connectivity index (χ1n) is 5.57. The Hall–Kier alpha value is -2.23. The first kappa shape index (κ1) is 16.8. The predicted molar refractivity (Wildman–Crippen MR) is 63.0 cm³/mol. The van der Waals surface area contributed by atoms with E-state index in [1.807, 2.05) is 0 Å². The number of amides is 1. The van der Waals surface area contributed by atoms with E-state index in [-0.39, 0.29) is 0 Å². The zero-order valence-corrected chi connectivity index (χ0v) is 10.6. The number of halogens is 4. The number of rotatable bonds is 4. The number of carbonyl (C=O) groups is 1. The van der Waals surface area contributed by atoms with Gasteiger partial charge in [0.15, 0.2) is 0 Å². The van der Waals surface area contributed by atoms with Crippen LogP contribution in [0.25, 0.3) is 0 Å². The highest BCUT2D eigenvalue weighted by atomic mass is 19.4. The normalized spacial score (nSPS) is 14.4. The van der Waals surface area contributed by atoms with Crippen LogP contribution in [0.15, 0.2) is 18.2 Å². The summed E-state index contributed by atoms with van der Waals surface area (Å²) in [4.78, 5) is 21.1. The molecule has 0 fully saturated rings. The van der Waals surface area contributed by atoms with E-state index in [9.17, 15) is 37.6 Å². The Kier molecular flexibility index (Phi) is 4.52. The second-order valence-corrected chi connectivity index (χ2v) is 4.09. The number of non-ortho nitro benzene ring substituents is 1. The third-order valence-corrected chi connectivity index (χ3v) is 2.77. The van der Waals surface area contributed by atoms with Crippen molar-refractivity contribution in [3.63, 3.8) is 0 Å². The van der Waals surface area contributed by atoms with Crippen LogP contribution in [0.3, 0.4) is 0 Å². The fraction of sp³-hybridized carbons (Fsp3) is 0.364. The van der Waals surface area contributed by atoms with Gasteiger partial charge in [-0.25, -0.2) is 4.39 Å². The van der Waals surface area contributed by atoms with Crippen molar-refractivity contribution in [2.24, 2.45) is 0 Å². The Labute approximate surface area is 115 Å². The molecule has 0 aliphatic carbocycles. The van der Waals surface area contributed by atoms with E-state index in [0.717, 1.165) is 13.0 Å². The van der Waals surface area contributed by atoms with E-state index in [4.69, 9.17) is 0 Å². The highest BCUT2D eigenvalue weighted by Crippen LogP contribution is 2.34. The zero-order valence-electron chi connectivity index (χ0n) is 10.6. The zero-order chi connectivity index (χ0) is 16.4. The first-order chi connectivity index (χ1) is 9.52. The van der Waals surface area contributed by atoms with Crippen molar-refractivity contribution in [2.45, 2.75) is 25.1 Å². The fourth-order valence-corrected chi connectivity index (χ4v) is 1.44. The number of carbonyl (C=O) groups excluding carboxylic acids is 1. The lowest BCUT2D eigenvalue weighted by Crippen LogP contribution is -2.54. The molecule has 116 valence electrons. The number of benzene rings is 1. The second kappa shape index (κ2) is 5.64. The lowest BCUT2D eigenvalue weighted by atomic mass is 9.99. The van der Waals surface area contributed by atoms with E-state index in [0.29, 0.717) is 12.1 Å². The molecule has 10 heteroatoms. The van der Waals surface area contributed by atoms with E-state index in [1.165, 1.54) is 5.32 Å². The van der Waals surface area contributed by atoms with Crippen LogP contribution in [-0.4, -0.2) is 27.7 Å². The Morgan fingerprint density at radius 1 is 1.43 bits per heavy atom. The molecule has 0 aliphatic rings. The molecule has 1 rings (SSSR count). The second-order valence-electron chi connectivity index (χ2n) is 4.09. The van der Waals surface area contributed by atoms with Crippen molar-refractivity contribution < 1.29 is 32.4 Å². The quantitative estimate of drug-likeness (QED) is 0.507. The van der Waals surface area contributed by atoms with Crippen LogP contribution in [0.1, 0.15) is 13.3 Å². The fourth-order valence-electron chi connectivity index (χ4n) is 1.44. The van der Waals surface area contributed by atoms with Crippen LogP contribution in [0.2, 0.25) is 0 Å². The highest BCUT2D eigenvalue weighted by Gasteiger charge is 2.58. The highest BCUT2D eigenvalue weighted by molar-refractivity contribution is 5.98. The summed E-state index contributed by atoms with van der Waals surface area (Å²) in [5.41, 5.74) is -5.17. The standard InChI is InChI=1S/C11H10F4N2O4/c1-2-10(19,11(13,14)15)9(18)16-8-5-6(17(20)21)3-4-7(8)12/h3-5,19H,2H2,1H3,(H,16,18). The molecule has 0 aromatic heterocycles. The average molecular weight is 310 g/mol. The molecule has 0 aliphatic heterocycles. The molecule has 0 saturated heterocycles. The third-order valence-electron chi connectivity index (χ3n) is 2.77. The van der Waals surface area contributed by atoms with Crippen LogP contribution in [0.4, 0.5) is 28.9 Å². The predicted octanol–water partition coefficient (Wildman–Crippen LogP) is 2.38. The molecule has 0 heterocycles. The van der Waals surface area contributed by atoms with Gasteiger partial charge in [-0.05, 0) is 12.5 Å². The molecule has 1 aromatic carbocycles. The van der Waals surface area contributed by atoms with Gasteiger partial charge in [-0.3, -0.25) is 14.9 Å². The average Bonchev–Trinajstić information content (AvgIpc) is 2.38. The summed E-state index contributed by atoms with van der Waals surface area (Å²) in [6, 6.07) is 1.95. The minimum atomic E-state index is -5.27. The van der Waals surface area contributed by atoms with Gasteiger partial charge in [0.2, 0.25) is 5.60 Å². The van der Waals surface area contributed by atoms with Gasteiger partial charge in [-0.2, -0.15) is 13.2 Å². The molecule has 6 nitrogen and oxygen atoms in total. The minimum Gasteiger partial charge on any atom is -0.373 e. The summed E-state index contributed by atoms with van der Waals surface area (Å²) in [6.07, 6.45) is -6.28. The number of hydrogen-bond acceptors (Lipinski definition) is 4. The molecular weight excluding hydrogens is 300 g/mol. The molecule has 0 bridgehead atoms. The SMILES string of the molecule is CCC(O)(C(=O)Nc1cc([N+](=O)[O-])ccc1F)C(F)(F)F. The maximum absolute atomic E-state index is 13.4. The van der Waals surface area contributed by atoms with Crippen LogP contribution in [-0.2, 0) is 4.79 Å². The number of nitrogens with zero attached hydrogens (tertiary/aromatic N) is 1. The molecule has 0 spiro atoms. The van der Waals surface area contributed by atoms with Gasteiger partial charge in [0.25, 0.3) is 11.6 Å². The lowest BCUT2D eigenvalue weighted by molar-refractivity contribution is -0.384. The number of nitro groups is 1. The van der Waals surface area contributed by atoms with Crippen molar-refractivity contribution in [3.05, 3.63) is 34.1 Å². The summed E-state index contributed by atoms with van der Waals surface area (Å²) < 4.78 is 51.3. The van der Waals surface area contributed by atoms with Crippen LogP contribution in [0.5, 0.6) is 0 Å². The first-order valence-corrected chi connectivity index (χ1v) is 5.57. The van der Waals surface area contributed by atoms with Gasteiger partial charge >= 0.3 is 6.18 Å². The summed E-state index contributed by atoms with van der Waals surface area (Å²) >= 11 is 0. The molecule has 0 radical (unpaired) electrons. The van der Waals surface area contributed by atoms with Gasteiger partial charge in [0.1, 0.15) is 5.82 Å². The number of hydrogen-bond donors (Lipinski definition) is 2. The summed E-state index contributed by atoms with van der Waals surface area (Å²) in [7, 11) is 0. The molecule has 2 N–H and O–H groups in total. The Balaban J connectivity index is 3.13. The van der Waals surface area contributed by atoms with E-state index < -0.39 is 46.2 Å². The minimum absolute atomic E-state index is 0.555. The number of nitrogens with one attached hydrogen (secondary N) is 1. The van der Waals surface area contributed by atoms with Crippen LogP contribution >= 0.6 is 0 Å². The molecule has 1 amide bonds. The molecular formula is C11H10F4N2O4. The summed E-state index contributed by atoms with van der Waals surface area (Å²) in [5.74, 6) is -3.09. The maximum Gasteiger partial charge on any atom is 0.426 e. The van der Waals surface area contributed by atoms with E-state index in [1.54, 1.807) is 0 Å². The monoisotopic (exact) mass is 310 g/mol. The van der Waals surface area contributed by atoms with Gasteiger partial charge in [0.05, 0.1) is 10.6 Å². The summed E-state index contributed by atoms with van der Waals surface area (Å²) in [6.45, 7) is 0.914. The van der Waals surface area contributed by atoms with Crippen molar-refractivity contribution >= 4 is 17.3 Å². The van der Waals surface area contributed by atoms with Crippen molar-refractivity contribution in [1.29, 1.82) is 0 Å². The molecule has 1 aromatic rings. The molecule has 1 unspecified atom stereocenters. The number of nitro benzene ring substituents is 1. The summed E-state index contributed by atoms with van der Waals surface area (Å²) in [5, 5.41) is 21.4. The van der Waals surface area contributed by atoms with E-state index in [2.05, 4.69) is 0 Å². The maximum atomic E-state index is 13.4. The van der Waals surface area contributed by atoms with Gasteiger partial charge in [0, 0.05) is 12.1 Å². The lowest BCUT2D eigenvalue weighted by Gasteiger charge is -2.27. The van der Waals surface area contributed by atoms with Crippen LogP contribution < -0.4 is 5.32 Å². The van der Waals surface area contributed by atoms with Crippen LogP contribution in [0, 0.1) is 15.9 Å². The molecule has 21 heavy (non-hydrogen) atoms. The number of aliphatic hydroxyl groups is 1. The van der Waals surface area contributed by atoms with Gasteiger partial charge < -0.3 is 10.4 Å². The topological polar surface area (TPSA) is 92.5 Å². The van der Waals surface area contributed by atoms with Crippen molar-refractivity contribution in [3.8, 4) is 0 Å².